The quantitative estimate of drug-likeness (QED) is 0.604. The summed E-state index contributed by atoms with van der Waals surface area (Å²) in [6, 6.07) is 7.19. The molecule has 0 aliphatic heterocycles. The number of ether oxygens (including phenoxy) is 1. The summed E-state index contributed by atoms with van der Waals surface area (Å²) < 4.78 is 4.91. The van der Waals surface area contributed by atoms with E-state index in [-0.39, 0.29) is 5.97 Å². The molecule has 13 heavy (non-hydrogen) atoms. The Labute approximate surface area is 90.0 Å². The van der Waals surface area contributed by atoms with Crippen molar-refractivity contribution in [1.29, 1.82) is 0 Å². The van der Waals surface area contributed by atoms with Gasteiger partial charge in [0.15, 0.2) is 5.01 Å². The summed E-state index contributed by atoms with van der Waals surface area (Å²) in [5, 5.41) is 0.101. The zero-order valence-electron chi connectivity index (χ0n) is 6.96. The maximum absolute atomic E-state index is 10.6. The molecule has 0 spiro atoms. The molecule has 0 N–H and O–H groups in total. The fraction of sp³-hybridized carbons (Fsp3) is 0.222. The highest BCUT2D eigenvalue weighted by Gasteiger charge is 2.12. The fourth-order valence-corrected chi connectivity index (χ4v) is 1.90. The van der Waals surface area contributed by atoms with E-state index in [4.69, 9.17) is 16.3 Å². The standard InChI is InChI=1S/C9H8BrClO2/c1-6(12)13-9(10)7-4-2-3-5-8(7)11/h2-5,9H,1H3. The monoisotopic (exact) mass is 262 g/mol. The van der Waals surface area contributed by atoms with Crippen molar-refractivity contribution in [2.45, 2.75) is 11.9 Å². The molecule has 1 atom stereocenters. The first-order chi connectivity index (χ1) is 6.11. The molecule has 0 amide bonds. The molecular weight excluding hydrogens is 255 g/mol. The van der Waals surface area contributed by atoms with Gasteiger partial charge in [0.05, 0.1) is 0 Å². The van der Waals surface area contributed by atoms with Gasteiger partial charge >= 0.3 is 5.97 Å². The molecule has 0 saturated heterocycles. The van der Waals surface area contributed by atoms with Crippen molar-refractivity contribution in [2.24, 2.45) is 0 Å². The van der Waals surface area contributed by atoms with Crippen molar-refractivity contribution < 1.29 is 9.53 Å². The van der Waals surface area contributed by atoms with Gasteiger partial charge in [0.2, 0.25) is 0 Å². The van der Waals surface area contributed by atoms with Crippen molar-refractivity contribution in [2.75, 3.05) is 0 Å². The van der Waals surface area contributed by atoms with Crippen LogP contribution in [-0.4, -0.2) is 5.97 Å². The van der Waals surface area contributed by atoms with Gasteiger partial charge in [-0.1, -0.05) is 29.8 Å². The number of halogens is 2. The van der Waals surface area contributed by atoms with Gasteiger partial charge in [0.25, 0.3) is 0 Å². The smallest absolute Gasteiger partial charge is 0.304 e. The zero-order valence-corrected chi connectivity index (χ0v) is 9.30. The van der Waals surface area contributed by atoms with Crippen molar-refractivity contribution in [3.05, 3.63) is 34.9 Å². The molecule has 1 rings (SSSR count). The number of alkyl halides is 1. The molecule has 0 fully saturated rings. The first-order valence-electron chi connectivity index (χ1n) is 3.67. The zero-order chi connectivity index (χ0) is 9.84. The molecule has 70 valence electrons. The van der Waals surface area contributed by atoms with Gasteiger partial charge in [-0.25, -0.2) is 0 Å². The molecule has 0 bridgehead atoms. The third kappa shape index (κ3) is 3.01. The molecule has 0 aliphatic rings. The number of carbonyl (C=O) groups is 1. The maximum Gasteiger partial charge on any atom is 0.304 e. The first-order valence-corrected chi connectivity index (χ1v) is 4.96. The molecule has 0 aromatic heterocycles. The second kappa shape index (κ2) is 4.63. The number of hydrogen-bond acceptors (Lipinski definition) is 2. The van der Waals surface area contributed by atoms with Gasteiger partial charge in [0.1, 0.15) is 0 Å². The van der Waals surface area contributed by atoms with Crippen LogP contribution in [0.5, 0.6) is 0 Å². The molecule has 4 heteroatoms. The Balaban J connectivity index is 2.82. The third-order valence-electron chi connectivity index (χ3n) is 1.42. The third-order valence-corrected chi connectivity index (χ3v) is 2.44. The molecular formula is C9H8BrClO2. The highest BCUT2D eigenvalue weighted by atomic mass is 79.9. The molecule has 0 heterocycles. The number of rotatable bonds is 2. The van der Waals surface area contributed by atoms with Crippen LogP contribution in [0.1, 0.15) is 17.5 Å². The predicted molar refractivity (Wildman–Crippen MR) is 54.9 cm³/mol. The molecule has 0 radical (unpaired) electrons. The van der Waals surface area contributed by atoms with E-state index in [0.717, 1.165) is 5.56 Å². The number of carbonyl (C=O) groups excluding carboxylic acids is 1. The maximum atomic E-state index is 10.6. The highest BCUT2D eigenvalue weighted by molar-refractivity contribution is 9.09. The van der Waals surface area contributed by atoms with Gasteiger partial charge in [-0.2, -0.15) is 0 Å². The van der Waals surface area contributed by atoms with Crippen molar-refractivity contribution in [3.63, 3.8) is 0 Å². The van der Waals surface area contributed by atoms with Crippen LogP contribution in [0.15, 0.2) is 24.3 Å². The summed E-state index contributed by atoms with van der Waals surface area (Å²) >= 11 is 9.09. The summed E-state index contributed by atoms with van der Waals surface area (Å²) in [7, 11) is 0. The van der Waals surface area contributed by atoms with Crippen LogP contribution in [0.4, 0.5) is 0 Å². The van der Waals surface area contributed by atoms with Gasteiger partial charge in [-0.05, 0) is 22.0 Å². The van der Waals surface area contributed by atoms with E-state index in [0.29, 0.717) is 5.02 Å². The molecule has 0 saturated carbocycles. The lowest BCUT2D eigenvalue weighted by Gasteiger charge is -2.11. The van der Waals surface area contributed by atoms with E-state index >= 15 is 0 Å². The van der Waals surface area contributed by atoms with Crippen LogP contribution < -0.4 is 0 Å². The van der Waals surface area contributed by atoms with Crippen LogP contribution in [0.3, 0.4) is 0 Å². The minimum atomic E-state index is -0.473. The SMILES string of the molecule is CC(=O)OC(Br)c1ccccc1Cl. The Kier molecular flexibility index (Phi) is 3.75. The summed E-state index contributed by atoms with van der Waals surface area (Å²) in [6.45, 7) is 1.35. The summed E-state index contributed by atoms with van der Waals surface area (Å²) in [5.41, 5.74) is 0.749. The van der Waals surface area contributed by atoms with Crippen LogP contribution in [-0.2, 0) is 9.53 Å². The summed E-state index contributed by atoms with van der Waals surface area (Å²) in [5.74, 6) is -0.346. The minimum Gasteiger partial charge on any atom is -0.446 e. The Morgan fingerprint density at radius 2 is 2.15 bits per heavy atom. The average molecular weight is 264 g/mol. The molecule has 0 aliphatic carbocycles. The van der Waals surface area contributed by atoms with Gasteiger partial charge in [0, 0.05) is 17.5 Å². The average Bonchev–Trinajstić information content (AvgIpc) is 2.03. The first kappa shape index (κ1) is 10.5. The predicted octanol–water partition coefficient (Wildman–Crippen LogP) is 3.30. The Hall–Kier alpha value is -0.540. The van der Waals surface area contributed by atoms with E-state index in [1.165, 1.54) is 6.92 Å². The lowest BCUT2D eigenvalue weighted by atomic mass is 10.2. The molecule has 1 aromatic carbocycles. The second-order valence-electron chi connectivity index (χ2n) is 2.45. The van der Waals surface area contributed by atoms with Crippen molar-refractivity contribution in [1.82, 2.24) is 0 Å². The van der Waals surface area contributed by atoms with Crippen molar-refractivity contribution >= 4 is 33.5 Å². The topological polar surface area (TPSA) is 26.3 Å². The summed E-state index contributed by atoms with van der Waals surface area (Å²) in [4.78, 5) is 10.6. The highest BCUT2D eigenvalue weighted by Crippen LogP contribution is 2.29. The molecule has 2 nitrogen and oxygen atoms in total. The normalized spacial score (nSPS) is 12.2. The Morgan fingerprint density at radius 1 is 1.54 bits per heavy atom. The lowest BCUT2D eigenvalue weighted by Crippen LogP contribution is -2.02. The van der Waals surface area contributed by atoms with E-state index in [2.05, 4.69) is 15.9 Å². The number of benzene rings is 1. The molecule has 1 unspecified atom stereocenters. The largest absolute Gasteiger partial charge is 0.446 e. The van der Waals surface area contributed by atoms with Crippen molar-refractivity contribution in [3.8, 4) is 0 Å². The van der Waals surface area contributed by atoms with Gasteiger partial charge < -0.3 is 4.74 Å². The number of esters is 1. The van der Waals surface area contributed by atoms with E-state index in [9.17, 15) is 4.79 Å². The van der Waals surface area contributed by atoms with Crippen LogP contribution >= 0.6 is 27.5 Å². The molecule has 1 aromatic rings. The fourth-order valence-electron chi connectivity index (χ4n) is 0.868. The van der Waals surface area contributed by atoms with E-state index in [1.807, 2.05) is 12.1 Å². The van der Waals surface area contributed by atoms with E-state index in [1.54, 1.807) is 12.1 Å². The second-order valence-corrected chi connectivity index (χ2v) is 3.69. The van der Waals surface area contributed by atoms with E-state index < -0.39 is 5.01 Å². The van der Waals surface area contributed by atoms with Gasteiger partial charge in [-0.3, -0.25) is 4.79 Å². The minimum absolute atomic E-state index is 0.346. The lowest BCUT2D eigenvalue weighted by molar-refractivity contribution is -0.142. The van der Waals surface area contributed by atoms with Crippen LogP contribution in [0.2, 0.25) is 5.02 Å². The Morgan fingerprint density at radius 3 is 2.69 bits per heavy atom. The number of hydrogen-bond donors (Lipinski definition) is 0. The summed E-state index contributed by atoms with van der Waals surface area (Å²) in [6.07, 6.45) is 0. The van der Waals surface area contributed by atoms with Gasteiger partial charge in [-0.15, -0.1) is 0 Å². The Bertz CT molecular complexity index is 314. The van der Waals surface area contributed by atoms with Crippen LogP contribution in [0, 0.1) is 0 Å². The van der Waals surface area contributed by atoms with Crippen LogP contribution in [0.25, 0.3) is 0 Å².